The molecule has 0 bridgehead atoms. The Bertz CT molecular complexity index is 380. The third-order valence-electron chi connectivity index (χ3n) is 3.61. The van der Waals surface area contributed by atoms with Gasteiger partial charge in [0, 0.05) is 22.1 Å². The standard InChI is InChI=1S/C14H19BrClN/c1-2-13-5-3-4-8-17(13)10-11-6-7-12(15)9-14(11)16/h6-7,9,13H,2-5,8,10H2,1H3. The van der Waals surface area contributed by atoms with Crippen LogP contribution in [0.3, 0.4) is 0 Å². The van der Waals surface area contributed by atoms with E-state index in [0.29, 0.717) is 0 Å². The minimum atomic E-state index is 0.739. The first-order valence-electron chi connectivity index (χ1n) is 6.38. The molecule has 1 aromatic rings. The van der Waals surface area contributed by atoms with Crippen molar-refractivity contribution in [2.75, 3.05) is 6.54 Å². The van der Waals surface area contributed by atoms with Crippen molar-refractivity contribution in [2.24, 2.45) is 0 Å². The minimum Gasteiger partial charge on any atom is -0.296 e. The zero-order chi connectivity index (χ0) is 12.3. The van der Waals surface area contributed by atoms with Crippen LogP contribution in [0.5, 0.6) is 0 Å². The normalized spacial score (nSPS) is 21.7. The van der Waals surface area contributed by atoms with Crippen molar-refractivity contribution < 1.29 is 0 Å². The van der Waals surface area contributed by atoms with Gasteiger partial charge in [0.05, 0.1) is 0 Å². The molecule has 1 aromatic carbocycles. The molecule has 3 heteroatoms. The molecule has 1 aliphatic rings. The molecule has 1 fully saturated rings. The molecule has 1 aliphatic heterocycles. The zero-order valence-corrected chi connectivity index (χ0v) is 12.6. The quantitative estimate of drug-likeness (QED) is 0.769. The molecule has 0 saturated carbocycles. The van der Waals surface area contributed by atoms with Crippen LogP contribution >= 0.6 is 27.5 Å². The molecule has 17 heavy (non-hydrogen) atoms. The highest BCUT2D eigenvalue weighted by molar-refractivity contribution is 9.10. The Morgan fingerprint density at radius 1 is 1.41 bits per heavy atom. The highest BCUT2D eigenvalue weighted by Crippen LogP contribution is 2.26. The van der Waals surface area contributed by atoms with E-state index in [1.807, 2.05) is 6.07 Å². The predicted molar refractivity (Wildman–Crippen MR) is 77.5 cm³/mol. The van der Waals surface area contributed by atoms with Gasteiger partial charge in [-0.3, -0.25) is 4.90 Å². The largest absolute Gasteiger partial charge is 0.296 e. The maximum absolute atomic E-state index is 6.28. The van der Waals surface area contributed by atoms with Gasteiger partial charge in [-0.2, -0.15) is 0 Å². The van der Waals surface area contributed by atoms with Crippen molar-refractivity contribution in [1.29, 1.82) is 0 Å². The van der Waals surface area contributed by atoms with E-state index in [1.165, 1.54) is 37.8 Å². The average molecular weight is 317 g/mol. The Hall–Kier alpha value is -0.0500. The minimum absolute atomic E-state index is 0.739. The molecule has 0 spiro atoms. The van der Waals surface area contributed by atoms with Crippen LogP contribution in [-0.2, 0) is 6.54 Å². The van der Waals surface area contributed by atoms with Crippen molar-refractivity contribution >= 4 is 27.5 Å². The molecule has 0 aromatic heterocycles. The second-order valence-electron chi connectivity index (χ2n) is 4.76. The number of hydrogen-bond donors (Lipinski definition) is 0. The number of hydrogen-bond acceptors (Lipinski definition) is 1. The number of benzene rings is 1. The molecule has 0 amide bonds. The smallest absolute Gasteiger partial charge is 0.0462 e. The van der Waals surface area contributed by atoms with E-state index >= 15 is 0 Å². The van der Waals surface area contributed by atoms with Crippen LogP contribution in [0, 0.1) is 0 Å². The second-order valence-corrected chi connectivity index (χ2v) is 6.09. The topological polar surface area (TPSA) is 3.24 Å². The highest BCUT2D eigenvalue weighted by atomic mass is 79.9. The molecular weight excluding hydrogens is 298 g/mol. The number of likely N-dealkylation sites (tertiary alicyclic amines) is 1. The molecule has 2 rings (SSSR count). The van der Waals surface area contributed by atoms with Crippen molar-refractivity contribution in [3.63, 3.8) is 0 Å². The third kappa shape index (κ3) is 3.46. The molecule has 0 N–H and O–H groups in total. The van der Waals surface area contributed by atoms with Gasteiger partial charge < -0.3 is 0 Å². The Morgan fingerprint density at radius 2 is 2.24 bits per heavy atom. The lowest BCUT2D eigenvalue weighted by molar-refractivity contribution is 0.136. The van der Waals surface area contributed by atoms with Gasteiger partial charge in [-0.25, -0.2) is 0 Å². The van der Waals surface area contributed by atoms with Gasteiger partial charge in [0.2, 0.25) is 0 Å². The fourth-order valence-corrected chi connectivity index (χ4v) is 3.33. The fourth-order valence-electron chi connectivity index (χ4n) is 2.60. The maximum atomic E-state index is 6.28. The monoisotopic (exact) mass is 315 g/mol. The Labute approximate surface area is 117 Å². The molecule has 1 heterocycles. The van der Waals surface area contributed by atoms with Gasteiger partial charge in [0.15, 0.2) is 0 Å². The maximum Gasteiger partial charge on any atom is 0.0462 e. The average Bonchev–Trinajstić information content (AvgIpc) is 2.33. The zero-order valence-electron chi connectivity index (χ0n) is 10.3. The van der Waals surface area contributed by atoms with Gasteiger partial charge in [0.25, 0.3) is 0 Å². The fraction of sp³-hybridized carbons (Fsp3) is 0.571. The summed E-state index contributed by atoms with van der Waals surface area (Å²) in [4.78, 5) is 2.58. The lowest BCUT2D eigenvalue weighted by Gasteiger charge is -2.35. The van der Waals surface area contributed by atoms with Gasteiger partial charge in [-0.05, 0) is 43.5 Å². The first-order chi connectivity index (χ1) is 8.20. The van der Waals surface area contributed by atoms with Crippen LogP contribution < -0.4 is 0 Å². The van der Waals surface area contributed by atoms with Crippen LogP contribution in [0.2, 0.25) is 5.02 Å². The van der Waals surface area contributed by atoms with Crippen molar-refractivity contribution in [2.45, 2.75) is 45.2 Å². The van der Waals surface area contributed by atoms with Crippen molar-refractivity contribution in [3.8, 4) is 0 Å². The molecule has 1 saturated heterocycles. The number of rotatable bonds is 3. The van der Waals surface area contributed by atoms with Crippen LogP contribution in [0.1, 0.15) is 38.2 Å². The van der Waals surface area contributed by atoms with Gasteiger partial charge >= 0.3 is 0 Å². The van der Waals surface area contributed by atoms with Crippen molar-refractivity contribution in [1.82, 2.24) is 4.90 Å². The first-order valence-corrected chi connectivity index (χ1v) is 7.55. The van der Waals surface area contributed by atoms with E-state index in [1.54, 1.807) is 0 Å². The van der Waals surface area contributed by atoms with E-state index < -0.39 is 0 Å². The van der Waals surface area contributed by atoms with Crippen LogP contribution in [0.4, 0.5) is 0 Å². The van der Waals surface area contributed by atoms with Gasteiger partial charge in [0.1, 0.15) is 0 Å². The summed E-state index contributed by atoms with van der Waals surface area (Å²) in [6.07, 6.45) is 5.28. The molecule has 94 valence electrons. The Balaban J connectivity index is 2.08. The van der Waals surface area contributed by atoms with Crippen molar-refractivity contribution in [3.05, 3.63) is 33.3 Å². The number of nitrogens with zero attached hydrogens (tertiary/aromatic N) is 1. The SMILES string of the molecule is CCC1CCCCN1Cc1ccc(Br)cc1Cl. The summed E-state index contributed by atoms with van der Waals surface area (Å²) in [6.45, 7) is 4.49. The van der Waals surface area contributed by atoms with Gasteiger partial charge in [-0.15, -0.1) is 0 Å². The summed E-state index contributed by atoms with van der Waals surface area (Å²) < 4.78 is 1.05. The third-order valence-corrected chi connectivity index (χ3v) is 4.45. The summed E-state index contributed by atoms with van der Waals surface area (Å²) in [5.74, 6) is 0. The van der Waals surface area contributed by atoms with E-state index in [0.717, 1.165) is 22.1 Å². The summed E-state index contributed by atoms with van der Waals surface area (Å²) in [5.41, 5.74) is 1.25. The van der Waals surface area contributed by atoms with Crippen LogP contribution in [-0.4, -0.2) is 17.5 Å². The van der Waals surface area contributed by atoms with Crippen LogP contribution in [0.25, 0.3) is 0 Å². The number of piperidine rings is 1. The van der Waals surface area contributed by atoms with E-state index in [4.69, 9.17) is 11.6 Å². The first kappa shape index (κ1) is 13.4. The molecular formula is C14H19BrClN. The Morgan fingerprint density at radius 3 is 2.94 bits per heavy atom. The predicted octanol–water partition coefficient (Wildman–Crippen LogP) is 4.87. The second kappa shape index (κ2) is 6.21. The van der Waals surface area contributed by atoms with Crippen LogP contribution in [0.15, 0.2) is 22.7 Å². The molecule has 1 unspecified atom stereocenters. The Kier molecular flexibility index (Phi) is 4.89. The lowest BCUT2D eigenvalue weighted by atomic mass is 9.99. The summed E-state index contributed by atoms with van der Waals surface area (Å²) >= 11 is 9.73. The van der Waals surface area contributed by atoms with E-state index in [2.05, 4.69) is 39.9 Å². The molecule has 1 atom stereocenters. The van der Waals surface area contributed by atoms with E-state index in [9.17, 15) is 0 Å². The summed E-state index contributed by atoms with van der Waals surface area (Å²) in [6, 6.07) is 6.94. The highest BCUT2D eigenvalue weighted by Gasteiger charge is 2.21. The molecule has 0 radical (unpaired) electrons. The summed E-state index contributed by atoms with van der Waals surface area (Å²) in [7, 11) is 0. The molecule has 1 nitrogen and oxygen atoms in total. The lowest BCUT2D eigenvalue weighted by Crippen LogP contribution is -2.38. The van der Waals surface area contributed by atoms with Gasteiger partial charge in [-0.1, -0.05) is 46.9 Å². The number of halogens is 2. The van der Waals surface area contributed by atoms with E-state index in [-0.39, 0.29) is 0 Å². The summed E-state index contributed by atoms with van der Waals surface area (Å²) in [5, 5.41) is 0.875. The molecule has 0 aliphatic carbocycles.